The van der Waals surface area contributed by atoms with Crippen molar-refractivity contribution < 1.29 is 39.2 Å². The first-order valence-corrected chi connectivity index (χ1v) is 8.57. The van der Waals surface area contributed by atoms with E-state index in [9.17, 15) is 29.7 Å². The fraction of sp³-hybridized carbons (Fsp3) is 0.211. The highest BCUT2D eigenvalue weighted by molar-refractivity contribution is 5.96. The second-order valence-corrected chi connectivity index (χ2v) is 5.68. The lowest BCUT2D eigenvalue weighted by Gasteiger charge is -2.09. The summed E-state index contributed by atoms with van der Waals surface area (Å²) in [5, 5.41) is 33.2. The first-order valence-electron chi connectivity index (χ1n) is 8.57. The molecule has 0 saturated heterocycles. The van der Waals surface area contributed by atoms with Gasteiger partial charge in [0, 0.05) is 24.2 Å². The van der Waals surface area contributed by atoms with Crippen molar-refractivity contribution in [3.63, 3.8) is 0 Å². The highest BCUT2D eigenvalue weighted by atomic mass is 16.7. The van der Waals surface area contributed by atoms with Crippen LogP contribution in [-0.4, -0.2) is 53.0 Å². The largest absolute Gasteiger partial charge is 0.513 e. The topological polar surface area (TPSA) is 154 Å². The van der Waals surface area contributed by atoms with Gasteiger partial charge in [-0.15, -0.1) is 0 Å². The molecule has 0 aliphatic rings. The van der Waals surface area contributed by atoms with E-state index in [1.165, 1.54) is 24.3 Å². The van der Waals surface area contributed by atoms with Crippen molar-refractivity contribution in [2.75, 3.05) is 19.7 Å². The van der Waals surface area contributed by atoms with Gasteiger partial charge in [-0.3, -0.25) is 9.59 Å². The molecule has 0 aliphatic carbocycles. The Morgan fingerprint density at radius 1 is 0.862 bits per heavy atom. The molecule has 0 radical (unpaired) electrons. The number of rotatable bonds is 7. The van der Waals surface area contributed by atoms with Gasteiger partial charge in [0.2, 0.25) is 0 Å². The number of amides is 2. The van der Waals surface area contributed by atoms with E-state index in [1.54, 1.807) is 6.92 Å². The summed E-state index contributed by atoms with van der Waals surface area (Å²) < 4.78 is 9.53. The molecule has 0 atom stereocenters. The lowest BCUT2D eigenvalue weighted by atomic mass is 10.1. The first-order chi connectivity index (χ1) is 13.8. The molecule has 5 N–H and O–H groups in total. The first kappa shape index (κ1) is 21.4. The molecule has 2 rings (SSSR count). The number of ether oxygens (including phenoxy) is 2. The summed E-state index contributed by atoms with van der Waals surface area (Å²) in [7, 11) is 0. The molecule has 29 heavy (non-hydrogen) atoms. The minimum Gasteiger partial charge on any atom is -0.504 e. The molecular formula is C19H20N2O8. The predicted molar refractivity (Wildman–Crippen MR) is 100 cm³/mol. The van der Waals surface area contributed by atoms with Crippen LogP contribution < -0.4 is 15.4 Å². The van der Waals surface area contributed by atoms with Crippen LogP contribution in [0.1, 0.15) is 27.6 Å². The van der Waals surface area contributed by atoms with Gasteiger partial charge in [-0.2, -0.15) is 0 Å². The fourth-order valence-electron chi connectivity index (χ4n) is 2.21. The number of benzene rings is 2. The number of phenols is 3. The maximum absolute atomic E-state index is 12.1. The van der Waals surface area contributed by atoms with Gasteiger partial charge in [-0.1, -0.05) is 0 Å². The van der Waals surface area contributed by atoms with Gasteiger partial charge >= 0.3 is 6.16 Å². The van der Waals surface area contributed by atoms with E-state index >= 15 is 0 Å². The molecule has 0 heterocycles. The second-order valence-electron chi connectivity index (χ2n) is 5.68. The standard InChI is InChI=1S/C19H20N2O8/c1-2-28-19(27)29-13-5-3-11(4-6-13)17(25)20-7-8-21-18(26)12-9-14(22)16(24)15(23)10-12/h3-6,9-10,22-24H,2,7-8H2,1H3,(H,20,25)(H,21,26). The van der Waals surface area contributed by atoms with Crippen LogP contribution in [0, 0.1) is 0 Å². The van der Waals surface area contributed by atoms with Crippen molar-refractivity contribution in [3.05, 3.63) is 47.5 Å². The van der Waals surface area contributed by atoms with E-state index in [1.807, 2.05) is 0 Å². The Hall–Kier alpha value is -3.95. The molecule has 10 heteroatoms. The molecule has 154 valence electrons. The van der Waals surface area contributed by atoms with Crippen LogP contribution in [0.5, 0.6) is 23.0 Å². The highest BCUT2D eigenvalue weighted by Crippen LogP contribution is 2.35. The summed E-state index contributed by atoms with van der Waals surface area (Å²) in [6.07, 6.45) is -0.837. The van der Waals surface area contributed by atoms with Gasteiger partial charge in [-0.25, -0.2) is 4.79 Å². The van der Waals surface area contributed by atoms with E-state index in [-0.39, 0.29) is 31.0 Å². The number of hydrogen-bond acceptors (Lipinski definition) is 8. The Bertz CT molecular complexity index is 873. The minimum absolute atomic E-state index is 0.0543. The second kappa shape index (κ2) is 9.83. The average Bonchev–Trinajstić information content (AvgIpc) is 2.69. The summed E-state index contributed by atoms with van der Waals surface area (Å²) in [6, 6.07) is 7.81. The molecule has 2 aromatic rings. The molecule has 0 aliphatic heterocycles. The zero-order valence-electron chi connectivity index (χ0n) is 15.5. The quantitative estimate of drug-likeness (QED) is 0.201. The van der Waals surface area contributed by atoms with Crippen LogP contribution in [0.15, 0.2) is 36.4 Å². The van der Waals surface area contributed by atoms with Crippen LogP contribution >= 0.6 is 0 Å². The number of aromatic hydroxyl groups is 3. The van der Waals surface area contributed by atoms with E-state index in [4.69, 9.17) is 4.74 Å². The number of hydrogen-bond donors (Lipinski definition) is 5. The van der Waals surface area contributed by atoms with E-state index in [2.05, 4.69) is 15.4 Å². The van der Waals surface area contributed by atoms with Gasteiger partial charge in [0.25, 0.3) is 11.8 Å². The Kier molecular flexibility index (Phi) is 7.24. The predicted octanol–water partition coefficient (Wildman–Crippen LogP) is 1.50. The molecular weight excluding hydrogens is 384 g/mol. The molecule has 0 fully saturated rings. The van der Waals surface area contributed by atoms with Gasteiger partial charge in [0.15, 0.2) is 17.2 Å². The molecule has 0 spiro atoms. The number of phenolic OH excluding ortho intramolecular Hbond substituents is 3. The number of nitrogens with one attached hydrogen (secondary N) is 2. The number of carbonyl (C=O) groups excluding carboxylic acids is 3. The van der Waals surface area contributed by atoms with Crippen LogP contribution in [0.4, 0.5) is 4.79 Å². The normalized spacial score (nSPS) is 10.1. The van der Waals surface area contributed by atoms with Gasteiger partial charge in [0.05, 0.1) is 6.61 Å². The lowest BCUT2D eigenvalue weighted by Crippen LogP contribution is -2.34. The summed E-state index contributed by atoms with van der Waals surface area (Å²) in [5.74, 6) is -2.75. The van der Waals surface area contributed by atoms with Crippen molar-refractivity contribution in [2.24, 2.45) is 0 Å². The molecule has 0 saturated carbocycles. The molecule has 0 bridgehead atoms. The Morgan fingerprint density at radius 3 is 1.90 bits per heavy atom. The third-order valence-electron chi connectivity index (χ3n) is 3.61. The minimum atomic E-state index is -0.837. The number of carbonyl (C=O) groups is 3. The maximum Gasteiger partial charge on any atom is 0.513 e. The van der Waals surface area contributed by atoms with Crippen molar-refractivity contribution in [2.45, 2.75) is 6.92 Å². The molecule has 2 amide bonds. The molecule has 2 aromatic carbocycles. The van der Waals surface area contributed by atoms with Crippen LogP contribution in [-0.2, 0) is 4.74 Å². The van der Waals surface area contributed by atoms with Crippen molar-refractivity contribution in [3.8, 4) is 23.0 Å². The summed E-state index contributed by atoms with van der Waals surface area (Å²) in [5.41, 5.74) is 0.266. The highest BCUT2D eigenvalue weighted by Gasteiger charge is 2.13. The van der Waals surface area contributed by atoms with Crippen molar-refractivity contribution in [1.29, 1.82) is 0 Å². The summed E-state index contributed by atoms with van der Waals surface area (Å²) in [6.45, 7) is 2.03. The van der Waals surface area contributed by atoms with Crippen molar-refractivity contribution >= 4 is 18.0 Å². The van der Waals surface area contributed by atoms with Gasteiger partial charge in [0.1, 0.15) is 5.75 Å². The molecule has 0 aromatic heterocycles. The smallest absolute Gasteiger partial charge is 0.504 e. The van der Waals surface area contributed by atoms with Gasteiger partial charge < -0.3 is 35.4 Å². The molecule has 0 unspecified atom stereocenters. The SMILES string of the molecule is CCOC(=O)Oc1ccc(C(=O)NCCNC(=O)c2cc(O)c(O)c(O)c2)cc1. The van der Waals surface area contributed by atoms with Crippen LogP contribution in [0.3, 0.4) is 0 Å². The van der Waals surface area contributed by atoms with Crippen LogP contribution in [0.2, 0.25) is 0 Å². The Labute approximate surface area is 165 Å². The monoisotopic (exact) mass is 404 g/mol. The summed E-state index contributed by atoms with van der Waals surface area (Å²) in [4.78, 5) is 35.3. The average molecular weight is 404 g/mol. The Morgan fingerprint density at radius 2 is 1.38 bits per heavy atom. The molecule has 10 nitrogen and oxygen atoms in total. The lowest BCUT2D eigenvalue weighted by molar-refractivity contribution is 0.0927. The maximum atomic E-state index is 12.1. The van der Waals surface area contributed by atoms with Gasteiger partial charge in [-0.05, 0) is 43.3 Å². The van der Waals surface area contributed by atoms with E-state index < -0.39 is 35.2 Å². The van der Waals surface area contributed by atoms with E-state index in [0.717, 1.165) is 12.1 Å². The van der Waals surface area contributed by atoms with E-state index in [0.29, 0.717) is 5.56 Å². The zero-order chi connectivity index (χ0) is 21.4. The fourth-order valence-corrected chi connectivity index (χ4v) is 2.21. The van der Waals surface area contributed by atoms with Crippen molar-refractivity contribution in [1.82, 2.24) is 10.6 Å². The van der Waals surface area contributed by atoms with Crippen LogP contribution in [0.25, 0.3) is 0 Å². The third kappa shape index (κ3) is 6.03. The Balaban J connectivity index is 1.79. The zero-order valence-corrected chi connectivity index (χ0v) is 15.5. The third-order valence-corrected chi connectivity index (χ3v) is 3.61. The summed E-state index contributed by atoms with van der Waals surface area (Å²) >= 11 is 0.